The number of para-hydroxylation sites is 1. The van der Waals surface area contributed by atoms with Gasteiger partial charge in [0.2, 0.25) is 0 Å². The van der Waals surface area contributed by atoms with Crippen LogP contribution in [0.2, 0.25) is 5.02 Å². The van der Waals surface area contributed by atoms with E-state index in [1.807, 2.05) is 43.3 Å². The number of carbonyl (C=O) groups is 1. The number of halogens is 2. The van der Waals surface area contributed by atoms with Crippen molar-refractivity contribution in [2.75, 3.05) is 18.5 Å². The predicted molar refractivity (Wildman–Crippen MR) is 92.8 cm³/mol. The average Bonchev–Trinajstić information content (AvgIpc) is 2.48. The number of carbonyl (C=O) groups excluding carboxylic acids is 1. The fourth-order valence-electron chi connectivity index (χ4n) is 1.83. The highest BCUT2D eigenvalue weighted by Crippen LogP contribution is 2.22. The summed E-state index contributed by atoms with van der Waals surface area (Å²) in [5.74, 6) is 0.761. The molecule has 2 aromatic rings. The van der Waals surface area contributed by atoms with Crippen molar-refractivity contribution in [3.05, 3.63) is 57.5 Å². The Hall–Kier alpha value is -1.72. The molecule has 22 heavy (non-hydrogen) atoms. The van der Waals surface area contributed by atoms with Crippen LogP contribution in [0.4, 0.5) is 10.5 Å². The molecule has 0 aromatic heterocycles. The molecule has 0 heterocycles. The molecule has 2 N–H and O–H groups in total. The summed E-state index contributed by atoms with van der Waals surface area (Å²) in [6, 6.07) is 12.6. The maximum atomic E-state index is 11.8. The second-order valence-electron chi connectivity index (χ2n) is 4.62. The molecular formula is C16H16BrClN2O2. The second-order valence-corrected chi connectivity index (χ2v) is 5.91. The molecule has 2 aromatic carbocycles. The average molecular weight is 384 g/mol. The Morgan fingerprint density at radius 3 is 2.77 bits per heavy atom. The van der Waals surface area contributed by atoms with Gasteiger partial charge in [0, 0.05) is 9.50 Å². The van der Waals surface area contributed by atoms with Crippen molar-refractivity contribution >= 4 is 39.2 Å². The topological polar surface area (TPSA) is 50.4 Å². The van der Waals surface area contributed by atoms with E-state index in [1.54, 1.807) is 6.07 Å². The molecular weight excluding hydrogens is 368 g/mol. The highest BCUT2D eigenvalue weighted by molar-refractivity contribution is 9.10. The van der Waals surface area contributed by atoms with Gasteiger partial charge in [0.05, 0.1) is 12.2 Å². The maximum absolute atomic E-state index is 11.8. The van der Waals surface area contributed by atoms with E-state index in [0.717, 1.165) is 21.5 Å². The zero-order chi connectivity index (χ0) is 15.9. The molecule has 0 unspecified atom stereocenters. The van der Waals surface area contributed by atoms with Gasteiger partial charge < -0.3 is 15.4 Å². The normalized spacial score (nSPS) is 10.1. The fraction of sp³-hybridized carbons (Fsp3) is 0.188. The Bertz CT molecular complexity index is 664. The molecule has 2 amide bonds. The maximum Gasteiger partial charge on any atom is 0.319 e. The van der Waals surface area contributed by atoms with Crippen molar-refractivity contribution in [1.82, 2.24) is 5.32 Å². The first-order chi connectivity index (χ1) is 10.6. The lowest BCUT2D eigenvalue weighted by atomic mass is 10.2. The summed E-state index contributed by atoms with van der Waals surface area (Å²) in [4.78, 5) is 11.8. The van der Waals surface area contributed by atoms with Gasteiger partial charge in [-0.3, -0.25) is 0 Å². The smallest absolute Gasteiger partial charge is 0.319 e. The largest absolute Gasteiger partial charge is 0.491 e. The van der Waals surface area contributed by atoms with Gasteiger partial charge in [-0.2, -0.15) is 0 Å². The summed E-state index contributed by atoms with van der Waals surface area (Å²) >= 11 is 9.26. The molecule has 0 aliphatic rings. The summed E-state index contributed by atoms with van der Waals surface area (Å²) < 4.78 is 6.44. The van der Waals surface area contributed by atoms with Gasteiger partial charge in [-0.25, -0.2) is 4.79 Å². The van der Waals surface area contributed by atoms with Gasteiger partial charge in [-0.1, -0.05) is 23.7 Å². The van der Waals surface area contributed by atoms with Crippen LogP contribution in [-0.2, 0) is 0 Å². The molecule has 0 aliphatic heterocycles. The molecule has 0 atom stereocenters. The Morgan fingerprint density at radius 1 is 1.27 bits per heavy atom. The van der Waals surface area contributed by atoms with Gasteiger partial charge in [0.25, 0.3) is 0 Å². The lowest BCUT2D eigenvalue weighted by Crippen LogP contribution is -2.32. The van der Waals surface area contributed by atoms with Crippen molar-refractivity contribution in [1.29, 1.82) is 0 Å². The molecule has 0 saturated carbocycles. The van der Waals surface area contributed by atoms with Crippen molar-refractivity contribution < 1.29 is 9.53 Å². The third-order valence-corrected chi connectivity index (χ3v) is 3.83. The number of ether oxygens (including phenoxy) is 1. The van der Waals surface area contributed by atoms with Crippen molar-refractivity contribution in [3.8, 4) is 5.75 Å². The summed E-state index contributed by atoms with van der Waals surface area (Å²) in [5, 5.41) is 6.17. The monoisotopic (exact) mass is 382 g/mol. The quantitative estimate of drug-likeness (QED) is 0.741. The van der Waals surface area contributed by atoms with Crippen molar-refractivity contribution in [2.45, 2.75) is 6.92 Å². The van der Waals surface area contributed by atoms with Crippen molar-refractivity contribution in [2.24, 2.45) is 0 Å². The van der Waals surface area contributed by atoms with Crippen LogP contribution in [0.15, 0.2) is 46.9 Å². The molecule has 0 aliphatic carbocycles. The number of urea groups is 1. The minimum atomic E-state index is -0.275. The Labute approximate surface area is 142 Å². The number of hydrogen-bond acceptors (Lipinski definition) is 2. The number of nitrogens with one attached hydrogen (secondary N) is 2. The minimum Gasteiger partial charge on any atom is -0.491 e. The van der Waals surface area contributed by atoms with E-state index in [9.17, 15) is 4.79 Å². The SMILES string of the molecule is Cc1cc(Cl)ccc1OCCNC(=O)Nc1ccccc1Br. The van der Waals surface area contributed by atoms with Gasteiger partial charge in [-0.05, 0) is 58.7 Å². The Balaban J connectivity index is 1.74. The highest BCUT2D eigenvalue weighted by Gasteiger charge is 2.04. The van der Waals surface area contributed by atoms with Crippen LogP contribution in [0.1, 0.15) is 5.56 Å². The third-order valence-electron chi connectivity index (χ3n) is 2.90. The number of amides is 2. The van der Waals surface area contributed by atoms with Gasteiger partial charge in [-0.15, -0.1) is 0 Å². The van der Waals surface area contributed by atoms with E-state index in [4.69, 9.17) is 16.3 Å². The standard InChI is InChI=1S/C16H16BrClN2O2/c1-11-10-12(18)6-7-15(11)22-9-8-19-16(21)20-14-5-3-2-4-13(14)17/h2-7,10H,8-9H2,1H3,(H2,19,20,21). The zero-order valence-corrected chi connectivity index (χ0v) is 14.4. The molecule has 2 rings (SSSR count). The number of hydrogen-bond donors (Lipinski definition) is 2. The molecule has 116 valence electrons. The van der Waals surface area contributed by atoms with Crippen LogP contribution in [0.25, 0.3) is 0 Å². The van der Waals surface area contributed by atoms with Gasteiger partial charge >= 0.3 is 6.03 Å². The molecule has 0 spiro atoms. The van der Waals surface area contributed by atoms with E-state index < -0.39 is 0 Å². The summed E-state index contributed by atoms with van der Waals surface area (Å²) in [6.07, 6.45) is 0. The number of anilines is 1. The number of aryl methyl sites for hydroxylation is 1. The highest BCUT2D eigenvalue weighted by atomic mass is 79.9. The van der Waals surface area contributed by atoms with E-state index in [0.29, 0.717) is 18.2 Å². The summed E-state index contributed by atoms with van der Waals surface area (Å²) in [6.45, 7) is 2.71. The molecule has 4 nitrogen and oxygen atoms in total. The molecule has 0 fully saturated rings. The number of benzene rings is 2. The Morgan fingerprint density at radius 2 is 2.05 bits per heavy atom. The van der Waals surface area contributed by atoms with E-state index >= 15 is 0 Å². The van der Waals surface area contributed by atoms with Crippen LogP contribution in [-0.4, -0.2) is 19.2 Å². The van der Waals surface area contributed by atoms with Crippen LogP contribution in [0.5, 0.6) is 5.75 Å². The van der Waals surface area contributed by atoms with E-state index in [2.05, 4.69) is 26.6 Å². The van der Waals surface area contributed by atoms with Crippen LogP contribution in [0.3, 0.4) is 0 Å². The predicted octanol–water partition coefficient (Wildman–Crippen LogP) is 4.61. The lowest BCUT2D eigenvalue weighted by Gasteiger charge is -2.11. The number of rotatable bonds is 5. The first-order valence-electron chi connectivity index (χ1n) is 6.74. The Kier molecular flexibility index (Phi) is 6.10. The summed E-state index contributed by atoms with van der Waals surface area (Å²) in [7, 11) is 0. The zero-order valence-electron chi connectivity index (χ0n) is 12.0. The van der Waals surface area contributed by atoms with Crippen molar-refractivity contribution in [3.63, 3.8) is 0 Å². The van der Waals surface area contributed by atoms with E-state index in [1.165, 1.54) is 0 Å². The molecule has 0 radical (unpaired) electrons. The lowest BCUT2D eigenvalue weighted by molar-refractivity contribution is 0.247. The first-order valence-corrected chi connectivity index (χ1v) is 7.91. The van der Waals surface area contributed by atoms with Crippen LogP contribution in [0, 0.1) is 6.92 Å². The van der Waals surface area contributed by atoms with Crippen LogP contribution < -0.4 is 15.4 Å². The third kappa shape index (κ3) is 4.93. The van der Waals surface area contributed by atoms with Gasteiger partial charge in [0.1, 0.15) is 12.4 Å². The summed E-state index contributed by atoms with van der Waals surface area (Å²) in [5.41, 5.74) is 1.68. The second kappa shape index (κ2) is 8.06. The fourth-order valence-corrected chi connectivity index (χ4v) is 2.44. The van der Waals surface area contributed by atoms with Gasteiger partial charge in [0.15, 0.2) is 0 Å². The molecule has 0 bridgehead atoms. The minimum absolute atomic E-state index is 0.275. The molecule has 0 saturated heterocycles. The molecule has 6 heteroatoms. The van der Waals surface area contributed by atoms with E-state index in [-0.39, 0.29) is 6.03 Å². The first kappa shape index (κ1) is 16.6. The van der Waals surface area contributed by atoms with Crippen LogP contribution >= 0.6 is 27.5 Å².